The molecule has 2 rings (SSSR count). The molecule has 0 unspecified atom stereocenters. The van der Waals surface area contributed by atoms with Crippen LogP contribution >= 0.6 is 0 Å². The fraction of sp³-hybridized carbons (Fsp3) is 0.100. The molecule has 0 aliphatic heterocycles. The maximum absolute atomic E-state index is 12.5. The molecule has 1 heterocycles. The summed E-state index contributed by atoms with van der Waals surface area (Å²) in [4.78, 5) is 13.5. The summed E-state index contributed by atoms with van der Waals surface area (Å²) in [7, 11) is 0. The van der Waals surface area contributed by atoms with Gasteiger partial charge in [0.25, 0.3) is 5.56 Å². The van der Waals surface area contributed by atoms with Crippen LogP contribution in [0.4, 0.5) is 13.2 Å². The number of aromatic nitrogens is 1. The lowest BCUT2D eigenvalue weighted by Crippen LogP contribution is -2.13. The average Bonchev–Trinajstić information content (AvgIpc) is 2.16. The molecular weight excluding hydrogens is 207 g/mol. The zero-order valence-corrected chi connectivity index (χ0v) is 7.43. The normalized spacial score (nSPS) is 11.9. The van der Waals surface area contributed by atoms with Gasteiger partial charge in [0, 0.05) is 6.20 Å². The van der Waals surface area contributed by atoms with Crippen LogP contribution in [0.2, 0.25) is 0 Å². The van der Waals surface area contributed by atoms with Gasteiger partial charge in [0.15, 0.2) is 0 Å². The van der Waals surface area contributed by atoms with Crippen LogP contribution in [-0.4, -0.2) is 4.98 Å². The Morgan fingerprint density at radius 1 is 1.13 bits per heavy atom. The predicted octanol–water partition coefficient (Wildman–Crippen LogP) is 2.55. The van der Waals surface area contributed by atoms with Crippen LogP contribution in [0, 0.1) is 0 Å². The van der Waals surface area contributed by atoms with Gasteiger partial charge in [0.1, 0.15) is 0 Å². The highest BCUT2D eigenvalue weighted by molar-refractivity contribution is 5.85. The van der Waals surface area contributed by atoms with Gasteiger partial charge in [0.2, 0.25) is 0 Å². The number of H-pyrrole nitrogens is 1. The number of benzene rings is 1. The van der Waals surface area contributed by atoms with Crippen molar-refractivity contribution in [2.24, 2.45) is 0 Å². The number of nitrogens with one attached hydrogen (secondary N) is 1. The Balaban J connectivity index is 2.93. The Morgan fingerprint density at radius 3 is 2.53 bits per heavy atom. The minimum Gasteiger partial charge on any atom is -0.329 e. The maximum atomic E-state index is 12.5. The van der Waals surface area contributed by atoms with Gasteiger partial charge in [-0.05, 0) is 17.5 Å². The van der Waals surface area contributed by atoms with Crippen LogP contribution in [0.3, 0.4) is 0 Å². The van der Waals surface area contributed by atoms with Crippen molar-refractivity contribution in [3.63, 3.8) is 0 Å². The molecule has 0 aliphatic rings. The number of hydrogen-bond acceptors (Lipinski definition) is 1. The Bertz CT molecular complexity index is 551. The number of rotatable bonds is 0. The van der Waals surface area contributed by atoms with E-state index in [9.17, 15) is 18.0 Å². The van der Waals surface area contributed by atoms with Gasteiger partial charge in [-0.25, -0.2) is 0 Å². The molecule has 78 valence electrons. The molecule has 1 N–H and O–H groups in total. The SMILES string of the molecule is O=c1[nH]ccc2cccc(C(F)(F)F)c12. The van der Waals surface area contributed by atoms with Gasteiger partial charge in [-0.2, -0.15) is 13.2 Å². The minimum atomic E-state index is -4.51. The van der Waals surface area contributed by atoms with Crippen molar-refractivity contribution in [1.29, 1.82) is 0 Å². The molecule has 0 atom stereocenters. The summed E-state index contributed by atoms with van der Waals surface area (Å²) in [5.41, 5.74) is -1.62. The Hall–Kier alpha value is -1.78. The molecule has 2 nitrogen and oxygen atoms in total. The lowest BCUT2D eigenvalue weighted by Gasteiger charge is -2.08. The van der Waals surface area contributed by atoms with Gasteiger partial charge in [-0.1, -0.05) is 12.1 Å². The van der Waals surface area contributed by atoms with E-state index in [1.807, 2.05) is 0 Å². The number of fused-ring (bicyclic) bond motifs is 1. The lowest BCUT2D eigenvalue weighted by molar-refractivity contribution is -0.136. The van der Waals surface area contributed by atoms with Crippen LogP contribution in [0.15, 0.2) is 35.3 Å². The highest BCUT2D eigenvalue weighted by Crippen LogP contribution is 2.32. The topological polar surface area (TPSA) is 32.9 Å². The molecule has 0 radical (unpaired) electrons. The fourth-order valence-corrected chi connectivity index (χ4v) is 1.48. The van der Waals surface area contributed by atoms with E-state index < -0.39 is 17.3 Å². The molecule has 1 aromatic heterocycles. The van der Waals surface area contributed by atoms with Gasteiger partial charge >= 0.3 is 6.18 Å². The minimum absolute atomic E-state index is 0.286. The third-order valence-corrected chi connectivity index (χ3v) is 2.11. The molecule has 1 aromatic carbocycles. The molecule has 15 heavy (non-hydrogen) atoms. The number of halogens is 3. The van der Waals surface area contributed by atoms with E-state index in [1.165, 1.54) is 24.4 Å². The van der Waals surface area contributed by atoms with Crippen LogP contribution in [0.1, 0.15) is 5.56 Å². The van der Waals surface area contributed by atoms with Gasteiger partial charge in [0.05, 0.1) is 10.9 Å². The standard InChI is InChI=1S/C10H6F3NO/c11-10(12,13)7-3-1-2-6-4-5-14-9(15)8(6)7/h1-5H,(H,14,15). The van der Waals surface area contributed by atoms with Crippen molar-refractivity contribution in [3.05, 3.63) is 46.4 Å². The zero-order chi connectivity index (χ0) is 11.1. The van der Waals surface area contributed by atoms with Crippen LogP contribution in [0.5, 0.6) is 0 Å². The predicted molar refractivity (Wildman–Crippen MR) is 49.6 cm³/mol. The van der Waals surface area contributed by atoms with E-state index in [1.54, 1.807) is 0 Å². The van der Waals surface area contributed by atoms with Crippen LogP contribution in [-0.2, 0) is 6.18 Å². The average molecular weight is 213 g/mol. The third kappa shape index (κ3) is 1.60. The van der Waals surface area contributed by atoms with E-state index in [-0.39, 0.29) is 10.8 Å². The second-order valence-corrected chi connectivity index (χ2v) is 3.07. The summed E-state index contributed by atoms with van der Waals surface area (Å²) in [5, 5.41) is -0.0268. The maximum Gasteiger partial charge on any atom is 0.417 e. The quantitative estimate of drug-likeness (QED) is 0.716. The van der Waals surface area contributed by atoms with E-state index in [2.05, 4.69) is 4.98 Å². The number of alkyl halides is 3. The van der Waals surface area contributed by atoms with Crippen molar-refractivity contribution in [2.75, 3.05) is 0 Å². The van der Waals surface area contributed by atoms with Gasteiger partial charge in [-0.3, -0.25) is 4.79 Å². The van der Waals surface area contributed by atoms with Crippen molar-refractivity contribution in [1.82, 2.24) is 4.98 Å². The molecule has 0 saturated carbocycles. The second-order valence-electron chi connectivity index (χ2n) is 3.07. The van der Waals surface area contributed by atoms with Crippen LogP contribution < -0.4 is 5.56 Å². The highest BCUT2D eigenvalue weighted by atomic mass is 19.4. The van der Waals surface area contributed by atoms with Crippen molar-refractivity contribution in [2.45, 2.75) is 6.18 Å². The molecule has 5 heteroatoms. The number of pyridine rings is 1. The Kier molecular flexibility index (Phi) is 2.03. The van der Waals surface area contributed by atoms with E-state index >= 15 is 0 Å². The first-order valence-electron chi connectivity index (χ1n) is 4.18. The lowest BCUT2D eigenvalue weighted by atomic mass is 10.1. The number of hydrogen-bond donors (Lipinski definition) is 1. The summed E-state index contributed by atoms with van der Waals surface area (Å²) < 4.78 is 37.6. The summed E-state index contributed by atoms with van der Waals surface area (Å²) in [5.74, 6) is 0. The molecule has 0 aliphatic carbocycles. The first-order valence-corrected chi connectivity index (χ1v) is 4.18. The van der Waals surface area contributed by atoms with E-state index in [4.69, 9.17) is 0 Å². The Labute approximate surface area is 82.4 Å². The monoisotopic (exact) mass is 213 g/mol. The highest BCUT2D eigenvalue weighted by Gasteiger charge is 2.33. The molecule has 2 aromatic rings. The Morgan fingerprint density at radius 2 is 1.87 bits per heavy atom. The van der Waals surface area contributed by atoms with E-state index in [0.717, 1.165) is 6.07 Å². The first kappa shape index (κ1) is 9.76. The molecule has 0 amide bonds. The summed E-state index contributed by atoms with van der Waals surface area (Å²) in [6.07, 6.45) is -3.18. The van der Waals surface area contributed by atoms with E-state index in [0.29, 0.717) is 0 Å². The smallest absolute Gasteiger partial charge is 0.329 e. The summed E-state index contributed by atoms with van der Waals surface area (Å²) in [6.45, 7) is 0. The first-order chi connectivity index (χ1) is 7.00. The molecule has 0 spiro atoms. The van der Waals surface area contributed by atoms with Crippen molar-refractivity contribution < 1.29 is 13.2 Å². The van der Waals surface area contributed by atoms with Crippen molar-refractivity contribution >= 4 is 10.8 Å². The summed E-state index contributed by atoms with van der Waals surface area (Å²) in [6, 6.07) is 5.09. The van der Waals surface area contributed by atoms with Crippen molar-refractivity contribution in [3.8, 4) is 0 Å². The second kappa shape index (κ2) is 3.12. The largest absolute Gasteiger partial charge is 0.417 e. The van der Waals surface area contributed by atoms with Gasteiger partial charge < -0.3 is 4.98 Å². The third-order valence-electron chi connectivity index (χ3n) is 2.11. The van der Waals surface area contributed by atoms with Crippen LogP contribution in [0.25, 0.3) is 10.8 Å². The molecular formula is C10H6F3NO. The summed E-state index contributed by atoms with van der Waals surface area (Å²) >= 11 is 0. The zero-order valence-electron chi connectivity index (χ0n) is 7.43. The number of aromatic amines is 1. The molecule has 0 bridgehead atoms. The van der Waals surface area contributed by atoms with Gasteiger partial charge in [-0.15, -0.1) is 0 Å². The fourth-order valence-electron chi connectivity index (χ4n) is 1.48. The molecule has 0 saturated heterocycles. The molecule has 0 fully saturated rings.